The van der Waals surface area contributed by atoms with Crippen molar-refractivity contribution < 1.29 is 41.7 Å². The second-order valence-electron chi connectivity index (χ2n) is 15.8. The zero-order chi connectivity index (χ0) is 40.9. The van der Waals surface area contributed by atoms with Crippen LogP contribution in [0.4, 0.5) is 26.3 Å². The number of aryl methyl sites for hydroxylation is 3. The molecule has 57 heavy (non-hydrogen) atoms. The van der Waals surface area contributed by atoms with E-state index in [0.717, 1.165) is 58.5 Å². The number of phenolic OH excluding ortho intramolecular Hbond substituents is 1. The van der Waals surface area contributed by atoms with Gasteiger partial charge in [0.1, 0.15) is 17.0 Å². The van der Waals surface area contributed by atoms with Gasteiger partial charge in [-0.1, -0.05) is 102 Å². The monoisotopic (exact) mass is 788 g/mol. The second kappa shape index (κ2) is 15.2. The molecule has 0 amide bonds. The van der Waals surface area contributed by atoms with Crippen molar-refractivity contribution in [2.45, 2.75) is 88.8 Å². The molecule has 2 fully saturated rings. The smallest absolute Gasteiger partial charge is 0.416 e. The van der Waals surface area contributed by atoms with E-state index in [1.807, 2.05) is 86.3 Å². The van der Waals surface area contributed by atoms with Crippen molar-refractivity contribution in [1.82, 2.24) is 9.80 Å². The number of benzene rings is 5. The largest absolute Gasteiger partial charge is 0.507 e. The molecule has 0 unspecified atom stereocenters. The van der Waals surface area contributed by atoms with E-state index < -0.39 is 40.7 Å². The summed E-state index contributed by atoms with van der Waals surface area (Å²) in [5.41, 5.74) is 0.867. The van der Waals surface area contributed by atoms with Crippen LogP contribution in [0.15, 0.2) is 109 Å². The number of hydrogen-bond acceptors (Lipinski definition) is 5. The van der Waals surface area contributed by atoms with Gasteiger partial charge in [-0.3, -0.25) is 9.80 Å². The van der Waals surface area contributed by atoms with Crippen molar-refractivity contribution >= 4 is 0 Å². The maximum absolute atomic E-state index is 13.6. The summed E-state index contributed by atoms with van der Waals surface area (Å²) in [6.07, 6.45) is -7.54. The third-order valence-electron chi connectivity index (χ3n) is 11.9. The molecule has 0 aromatic heterocycles. The first kappa shape index (κ1) is 40.5. The average molecular weight is 789 g/mol. The van der Waals surface area contributed by atoms with Crippen LogP contribution in [-0.2, 0) is 36.6 Å². The summed E-state index contributed by atoms with van der Waals surface area (Å²) in [5, 5.41) is 37.2. The molecule has 0 spiro atoms. The molecule has 3 N–H and O–H groups in total. The summed E-state index contributed by atoms with van der Waals surface area (Å²) < 4.78 is 81.3. The van der Waals surface area contributed by atoms with Gasteiger partial charge in [-0.25, -0.2) is 0 Å². The molecule has 0 saturated carbocycles. The van der Waals surface area contributed by atoms with Gasteiger partial charge in [0.2, 0.25) is 0 Å². The SMILES string of the molecule is Cc1ccc(C(O)(c2ccc(C)cc2)[C@@H]2CCN2Cc2cc(C)cc(CN3CCC[C@H]3C(O)(c3ccc(C(F)(F)F)cc3)c3ccc(C(F)(F)F)cc3)c2O)cc1. The summed E-state index contributed by atoms with van der Waals surface area (Å²) in [7, 11) is 0. The zero-order valence-corrected chi connectivity index (χ0v) is 32.0. The highest BCUT2D eigenvalue weighted by molar-refractivity contribution is 5.46. The van der Waals surface area contributed by atoms with Gasteiger partial charge in [-0.05, 0) is 93.1 Å². The van der Waals surface area contributed by atoms with Gasteiger partial charge in [0, 0.05) is 42.8 Å². The molecule has 5 nitrogen and oxygen atoms in total. The number of phenols is 1. The Morgan fingerprint density at radius 2 is 0.825 bits per heavy atom. The highest BCUT2D eigenvalue weighted by atomic mass is 19.4. The van der Waals surface area contributed by atoms with Crippen LogP contribution in [0.1, 0.15) is 80.5 Å². The molecule has 2 aliphatic rings. The average Bonchev–Trinajstić information content (AvgIpc) is 3.63. The van der Waals surface area contributed by atoms with E-state index in [4.69, 9.17) is 0 Å². The van der Waals surface area contributed by atoms with Crippen molar-refractivity contribution in [2.24, 2.45) is 0 Å². The maximum Gasteiger partial charge on any atom is 0.416 e. The fourth-order valence-electron chi connectivity index (χ4n) is 8.75. The van der Waals surface area contributed by atoms with Crippen molar-refractivity contribution in [1.29, 1.82) is 0 Å². The lowest BCUT2D eigenvalue weighted by molar-refractivity contribution is -0.138. The highest BCUT2D eigenvalue weighted by Gasteiger charge is 2.49. The minimum absolute atomic E-state index is 0.0544. The Labute approximate surface area is 328 Å². The fraction of sp³-hybridized carbons (Fsp3) is 0.348. The lowest BCUT2D eigenvalue weighted by atomic mass is 9.74. The fourth-order valence-corrected chi connectivity index (χ4v) is 8.75. The Hall–Kier alpha value is -4.68. The summed E-state index contributed by atoms with van der Waals surface area (Å²) >= 11 is 0. The molecule has 2 aliphatic heterocycles. The first-order valence-corrected chi connectivity index (χ1v) is 19.1. The van der Waals surface area contributed by atoms with Crippen molar-refractivity contribution in [2.75, 3.05) is 13.1 Å². The predicted octanol–water partition coefficient (Wildman–Crippen LogP) is 9.77. The summed E-state index contributed by atoms with van der Waals surface area (Å²) in [6.45, 7) is 7.57. The summed E-state index contributed by atoms with van der Waals surface area (Å²) in [4.78, 5) is 4.10. The normalized spacial score (nSPS) is 18.5. The van der Waals surface area contributed by atoms with Gasteiger partial charge in [-0.2, -0.15) is 26.3 Å². The van der Waals surface area contributed by atoms with Crippen LogP contribution < -0.4 is 0 Å². The number of halogens is 6. The molecule has 11 heteroatoms. The third kappa shape index (κ3) is 7.82. The van der Waals surface area contributed by atoms with Crippen LogP contribution in [0.3, 0.4) is 0 Å². The lowest BCUT2D eigenvalue weighted by Crippen LogP contribution is -2.59. The topological polar surface area (TPSA) is 67.2 Å². The number of hydrogen-bond donors (Lipinski definition) is 3. The van der Waals surface area contributed by atoms with Crippen molar-refractivity contribution in [3.05, 3.63) is 170 Å². The van der Waals surface area contributed by atoms with E-state index in [1.165, 1.54) is 24.3 Å². The molecule has 2 saturated heterocycles. The Balaban J connectivity index is 1.20. The molecule has 0 bridgehead atoms. The number of nitrogens with zero attached hydrogens (tertiary/aromatic N) is 2. The third-order valence-corrected chi connectivity index (χ3v) is 11.9. The van der Waals surface area contributed by atoms with E-state index in [0.29, 0.717) is 43.6 Å². The van der Waals surface area contributed by atoms with Crippen LogP contribution in [0.2, 0.25) is 0 Å². The Kier molecular flexibility index (Phi) is 10.8. The second-order valence-corrected chi connectivity index (χ2v) is 15.8. The number of alkyl halides is 6. The minimum Gasteiger partial charge on any atom is -0.507 e. The molecule has 0 aliphatic carbocycles. The van der Waals surface area contributed by atoms with Crippen LogP contribution in [-0.4, -0.2) is 50.3 Å². The Morgan fingerprint density at radius 3 is 1.18 bits per heavy atom. The van der Waals surface area contributed by atoms with E-state index in [-0.39, 0.29) is 29.5 Å². The lowest BCUT2D eigenvalue weighted by Gasteiger charge is -2.50. The van der Waals surface area contributed by atoms with Gasteiger partial charge in [-0.15, -0.1) is 0 Å². The molecule has 5 aromatic carbocycles. The Morgan fingerprint density at radius 1 is 0.491 bits per heavy atom. The van der Waals surface area contributed by atoms with Crippen LogP contribution in [0.5, 0.6) is 5.75 Å². The summed E-state index contributed by atoms with van der Waals surface area (Å²) in [6, 6.07) is 26.6. The van der Waals surface area contributed by atoms with Crippen LogP contribution in [0.25, 0.3) is 0 Å². The van der Waals surface area contributed by atoms with Crippen LogP contribution in [0, 0.1) is 20.8 Å². The van der Waals surface area contributed by atoms with Gasteiger partial charge < -0.3 is 15.3 Å². The Bertz CT molecular complexity index is 2080. The molecule has 2 heterocycles. The minimum atomic E-state index is -4.62. The van der Waals surface area contributed by atoms with E-state index in [9.17, 15) is 41.7 Å². The molecular formula is C46H46F6N2O3. The van der Waals surface area contributed by atoms with Crippen molar-refractivity contribution in [3.63, 3.8) is 0 Å². The van der Waals surface area contributed by atoms with Gasteiger partial charge in [0.15, 0.2) is 0 Å². The molecule has 5 aromatic rings. The zero-order valence-electron chi connectivity index (χ0n) is 32.0. The molecule has 2 atom stereocenters. The molecule has 300 valence electrons. The van der Waals surface area contributed by atoms with Gasteiger partial charge in [0.05, 0.1) is 11.1 Å². The number of rotatable bonds is 10. The summed E-state index contributed by atoms with van der Waals surface area (Å²) in [5.74, 6) is 0.0544. The first-order valence-electron chi connectivity index (χ1n) is 19.1. The van der Waals surface area contributed by atoms with E-state index in [2.05, 4.69) is 4.90 Å². The number of aliphatic hydroxyl groups is 2. The van der Waals surface area contributed by atoms with Crippen molar-refractivity contribution in [3.8, 4) is 5.75 Å². The molecular weight excluding hydrogens is 743 g/mol. The quantitative estimate of drug-likeness (QED) is 0.123. The van der Waals surface area contributed by atoms with E-state index >= 15 is 0 Å². The first-order chi connectivity index (χ1) is 26.9. The van der Waals surface area contributed by atoms with Crippen LogP contribution >= 0.6 is 0 Å². The number of aromatic hydroxyl groups is 1. The standard InChI is InChI=1S/C46H46F6N2O3/c1-29-6-10-34(11-7-29)44(57,35-12-8-30(2)9-13-35)41-22-24-54(41)28-33-26-31(3)25-32(42(33)55)27-53-23-4-5-40(53)43(56,36-14-18-38(19-15-36)45(47,48)49)37-16-20-39(21-17-37)46(50,51)52/h6-21,25-26,40-41,55-57H,4-5,22-24,27-28H2,1-3H3/t40-,41-/m0/s1. The molecule has 7 rings (SSSR count). The van der Waals surface area contributed by atoms with Gasteiger partial charge in [0.25, 0.3) is 0 Å². The number of likely N-dealkylation sites (tertiary alicyclic amines) is 2. The maximum atomic E-state index is 13.6. The van der Waals surface area contributed by atoms with E-state index in [1.54, 1.807) is 0 Å². The molecule has 0 radical (unpaired) electrons. The predicted molar refractivity (Wildman–Crippen MR) is 206 cm³/mol. The highest BCUT2D eigenvalue weighted by Crippen LogP contribution is 2.45. The van der Waals surface area contributed by atoms with Gasteiger partial charge >= 0.3 is 12.4 Å².